The Kier molecular flexibility index (Phi) is 9.18. The SMILES string of the molecule is CS(=O)(=O)c1ccccc1CCCN(CCCN)S(=O)(=O)c1cccc2cnccc12.Cl. The van der Waals surface area contributed by atoms with Gasteiger partial charge in [0, 0.05) is 42.5 Å². The summed E-state index contributed by atoms with van der Waals surface area (Å²) < 4.78 is 52.5. The third kappa shape index (κ3) is 6.05. The van der Waals surface area contributed by atoms with Crippen molar-refractivity contribution in [3.05, 3.63) is 66.5 Å². The normalized spacial score (nSPS) is 12.1. The molecular formula is C22H28ClN3O4S2. The fraction of sp³-hybridized carbons (Fsp3) is 0.318. The van der Waals surface area contributed by atoms with E-state index in [1.807, 2.05) is 6.07 Å². The minimum Gasteiger partial charge on any atom is -0.330 e. The molecule has 0 amide bonds. The van der Waals surface area contributed by atoms with Crippen molar-refractivity contribution in [2.45, 2.75) is 29.1 Å². The molecule has 0 aliphatic heterocycles. The second kappa shape index (κ2) is 11.2. The quantitative estimate of drug-likeness (QED) is 0.461. The van der Waals surface area contributed by atoms with Crippen molar-refractivity contribution in [2.75, 3.05) is 25.9 Å². The number of rotatable bonds is 10. The van der Waals surface area contributed by atoms with E-state index in [0.717, 1.165) is 5.39 Å². The van der Waals surface area contributed by atoms with Crippen LogP contribution in [0.4, 0.5) is 0 Å². The number of halogens is 1. The molecule has 0 aliphatic carbocycles. The fourth-order valence-electron chi connectivity index (χ4n) is 3.59. The molecule has 0 saturated carbocycles. The van der Waals surface area contributed by atoms with Gasteiger partial charge in [0.2, 0.25) is 10.0 Å². The molecule has 3 aromatic rings. The Balaban J connectivity index is 0.00000363. The molecule has 2 aromatic carbocycles. The number of hydrogen-bond donors (Lipinski definition) is 1. The molecule has 0 fully saturated rings. The van der Waals surface area contributed by atoms with Crippen molar-refractivity contribution in [1.29, 1.82) is 0 Å². The average Bonchev–Trinajstić information content (AvgIpc) is 2.75. The zero-order chi connectivity index (χ0) is 22.5. The highest BCUT2D eigenvalue weighted by atomic mass is 35.5. The average molecular weight is 498 g/mol. The zero-order valence-electron chi connectivity index (χ0n) is 17.8. The van der Waals surface area contributed by atoms with Gasteiger partial charge >= 0.3 is 0 Å². The van der Waals surface area contributed by atoms with Crippen molar-refractivity contribution in [3.8, 4) is 0 Å². The van der Waals surface area contributed by atoms with Gasteiger partial charge in [-0.15, -0.1) is 12.4 Å². The van der Waals surface area contributed by atoms with Gasteiger partial charge in [0.1, 0.15) is 0 Å². The van der Waals surface area contributed by atoms with Crippen LogP contribution in [0.1, 0.15) is 18.4 Å². The number of sulfone groups is 1. The number of nitrogens with zero attached hydrogens (tertiary/aromatic N) is 2. The lowest BCUT2D eigenvalue weighted by molar-refractivity contribution is 0.400. The van der Waals surface area contributed by atoms with Crippen LogP contribution in [-0.4, -0.2) is 52.0 Å². The van der Waals surface area contributed by atoms with Crippen LogP contribution in [0.15, 0.2) is 70.7 Å². The monoisotopic (exact) mass is 497 g/mol. The molecule has 1 aromatic heterocycles. The Hall–Kier alpha value is -2.04. The zero-order valence-corrected chi connectivity index (χ0v) is 20.3. The fourth-order valence-corrected chi connectivity index (χ4v) is 6.30. The van der Waals surface area contributed by atoms with Crippen molar-refractivity contribution >= 4 is 43.0 Å². The van der Waals surface area contributed by atoms with Crippen LogP contribution in [-0.2, 0) is 26.3 Å². The number of aryl methyl sites for hydroxylation is 1. The first-order valence-corrected chi connectivity index (χ1v) is 13.4. The van der Waals surface area contributed by atoms with E-state index in [0.29, 0.717) is 43.3 Å². The van der Waals surface area contributed by atoms with Crippen LogP contribution in [0.25, 0.3) is 10.8 Å². The number of sulfonamides is 1. The molecule has 0 atom stereocenters. The van der Waals surface area contributed by atoms with Gasteiger partial charge in [-0.05, 0) is 49.6 Å². The van der Waals surface area contributed by atoms with E-state index in [1.54, 1.807) is 54.9 Å². The molecule has 3 rings (SSSR count). The molecule has 174 valence electrons. The summed E-state index contributed by atoms with van der Waals surface area (Å²) in [5, 5.41) is 1.38. The maximum Gasteiger partial charge on any atom is 0.243 e. The van der Waals surface area contributed by atoms with Crippen molar-refractivity contribution in [3.63, 3.8) is 0 Å². The number of pyridine rings is 1. The highest BCUT2D eigenvalue weighted by Crippen LogP contribution is 2.26. The van der Waals surface area contributed by atoms with E-state index in [2.05, 4.69) is 4.98 Å². The number of benzene rings is 2. The van der Waals surface area contributed by atoms with Crippen LogP contribution >= 0.6 is 12.4 Å². The maximum absolute atomic E-state index is 13.5. The van der Waals surface area contributed by atoms with Gasteiger partial charge < -0.3 is 5.73 Å². The summed E-state index contributed by atoms with van der Waals surface area (Å²) in [6, 6.07) is 13.7. The Labute approximate surface area is 196 Å². The molecule has 10 heteroatoms. The lowest BCUT2D eigenvalue weighted by atomic mass is 10.1. The molecule has 0 aliphatic rings. The van der Waals surface area contributed by atoms with Gasteiger partial charge in [-0.2, -0.15) is 4.31 Å². The topological polar surface area (TPSA) is 110 Å². The van der Waals surface area contributed by atoms with Crippen LogP contribution in [0.3, 0.4) is 0 Å². The van der Waals surface area contributed by atoms with Gasteiger partial charge in [0.25, 0.3) is 0 Å². The minimum atomic E-state index is -3.76. The standard InChI is InChI=1S/C22H27N3O4S2.ClH/c1-30(26,27)21-10-3-2-7-18(21)9-5-15-25(16-6-13-23)31(28,29)22-11-4-8-19-17-24-14-12-20(19)22;/h2-4,7-8,10-12,14,17H,5-6,9,13,15-16,23H2,1H3;1H. The lowest BCUT2D eigenvalue weighted by Gasteiger charge is -2.23. The molecule has 0 radical (unpaired) electrons. The molecule has 0 bridgehead atoms. The number of fused-ring (bicyclic) bond motifs is 1. The molecular weight excluding hydrogens is 470 g/mol. The predicted molar refractivity (Wildman–Crippen MR) is 129 cm³/mol. The van der Waals surface area contributed by atoms with Crippen LogP contribution in [0, 0.1) is 0 Å². The van der Waals surface area contributed by atoms with Crippen LogP contribution in [0.5, 0.6) is 0 Å². The third-order valence-electron chi connectivity index (χ3n) is 5.10. The Morgan fingerprint density at radius 2 is 1.59 bits per heavy atom. The van der Waals surface area contributed by atoms with E-state index in [1.165, 1.54) is 10.6 Å². The summed E-state index contributed by atoms with van der Waals surface area (Å²) in [6.07, 6.45) is 5.87. The van der Waals surface area contributed by atoms with E-state index in [-0.39, 0.29) is 28.7 Å². The van der Waals surface area contributed by atoms with E-state index in [9.17, 15) is 16.8 Å². The highest BCUT2D eigenvalue weighted by molar-refractivity contribution is 7.90. The van der Waals surface area contributed by atoms with Crippen LogP contribution in [0.2, 0.25) is 0 Å². The smallest absolute Gasteiger partial charge is 0.243 e. The molecule has 32 heavy (non-hydrogen) atoms. The Morgan fingerprint density at radius 3 is 2.31 bits per heavy atom. The van der Waals surface area contributed by atoms with E-state index < -0.39 is 19.9 Å². The van der Waals surface area contributed by atoms with Gasteiger partial charge in [-0.25, -0.2) is 16.8 Å². The molecule has 0 spiro atoms. The van der Waals surface area contributed by atoms with Crippen LogP contribution < -0.4 is 5.73 Å². The highest BCUT2D eigenvalue weighted by Gasteiger charge is 2.26. The first-order chi connectivity index (χ1) is 14.7. The predicted octanol–water partition coefficient (Wildman–Crippen LogP) is 3.03. The maximum atomic E-state index is 13.5. The van der Waals surface area contributed by atoms with Gasteiger partial charge in [0.15, 0.2) is 9.84 Å². The number of hydrogen-bond acceptors (Lipinski definition) is 6. The van der Waals surface area contributed by atoms with Crippen molar-refractivity contribution < 1.29 is 16.8 Å². The summed E-state index contributed by atoms with van der Waals surface area (Å²) in [5.74, 6) is 0. The Morgan fingerprint density at radius 1 is 0.906 bits per heavy atom. The van der Waals surface area contributed by atoms with E-state index >= 15 is 0 Å². The number of nitrogens with two attached hydrogens (primary N) is 1. The second-order valence-electron chi connectivity index (χ2n) is 7.38. The number of aromatic nitrogens is 1. The molecule has 0 unspecified atom stereocenters. The minimum absolute atomic E-state index is 0. The lowest BCUT2D eigenvalue weighted by Crippen LogP contribution is -2.34. The van der Waals surface area contributed by atoms with Crippen molar-refractivity contribution in [2.24, 2.45) is 5.73 Å². The second-order valence-corrected chi connectivity index (χ2v) is 11.3. The third-order valence-corrected chi connectivity index (χ3v) is 8.25. The molecule has 2 N–H and O–H groups in total. The van der Waals surface area contributed by atoms with Gasteiger partial charge in [-0.3, -0.25) is 4.98 Å². The first kappa shape index (κ1) is 26.2. The Bertz CT molecular complexity index is 1260. The summed E-state index contributed by atoms with van der Waals surface area (Å²) in [5.41, 5.74) is 6.33. The summed E-state index contributed by atoms with van der Waals surface area (Å²) in [7, 11) is -7.11. The van der Waals surface area contributed by atoms with Gasteiger partial charge in [0.05, 0.1) is 9.79 Å². The largest absolute Gasteiger partial charge is 0.330 e. The summed E-state index contributed by atoms with van der Waals surface area (Å²) in [6.45, 7) is 0.943. The first-order valence-electron chi connectivity index (χ1n) is 10.1. The molecule has 7 nitrogen and oxygen atoms in total. The summed E-state index contributed by atoms with van der Waals surface area (Å²) in [4.78, 5) is 4.59. The molecule has 0 saturated heterocycles. The molecule has 1 heterocycles. The van der Waals surface area contributed by atoms with Gasteiger partial charge in [-0.1, -0.05) is 30.3 Å². The van der Waals surface area contributed by atoms with Crippen molar-refractivity contribution in [1.82, 2.24) is 9.29 Å². The summed E-state index contributed by atoms with van der Waals surface area (Å²) >= 11 is 0. The van der Waals surface area contributed by atoms with E-state index in [4.69, 9.17) is 5.73 Å².